The van der Waals surface area contributed by atoms with E-state index in [2.05, 4.69) is 61.0 Å². The molecule has 1 aliphatic heterocycles. The minimum atomic E-state index is 0.0714. The van der Waals surface area contributed by atoms with E-state index in [1.54, 1.807) is 0 Å². The molecular formula is C18H27N3. The molecule has 1 heterocycles. The fourth-order valence-corrected chi connectivity index (χ4v) is 4.47. The van der Waals surface area contributed by atoms with Crippen LogP contribution in [-0.4, -0.2) is 18.0 Å². The van der Waals surface area contributed by atoms with E-state index in [-0.39, 0.29) is 11.0 Å². The van der Waals surface area contributed by atoms with Crippen molar-refractivity contribution in [1.29, 1.82) is 0 Å². The number of para-hydroxylation sites is 1. The highest BCUT2D eigenvalue weighted by Gasteiger charge is 2.53. The van der Waals surface area contributed by atoms with E-state index < -0.39 is 0 Å². The third kappa shape index (κ3) is 2.33. The van der Waals surface area contributed by atoms with Gasteiger partial charge in [0.05, 0.1) is 12.1 Å². The largest absolute Gasteiger partial charge is 0.369 e. The molecule has 3 rings (SSSR count). The standard InChI is InChI=1S/C18H27N3/c1-17(2,3)15-11-7-8-12-18(15)13-20-16(19)21(18)14-9-5-4-6-10-14/h4-6,9-10,15H,7-8,11-13H2,1-3H3,(H2,19,20). The Bertz CT molecular complexity index is 529. The Kier molecular flexibility index (Phi) is 3.46. The minimum absolute atomic E-state index is 0.0714. The second-order valence-corrected chi connectivity index (χ2v) is 7.61. The number of aliphatic imine (C=N–C) groups is 1. The monoisotopic (exact) mass is 285 g/mol. The lowest BCUT2D eigenvalue weighted by atomic mass is 9.61. The molecule has 2 aliphatic rings. The van der Waals surface area contributed by atoms with Gasteiger partial charge in [0.25, 0.3) is 0 Å². The molecule has 1 aromatic rings. The molecule has 1 aromatic carbocycles. The molecule has 21 heavy (non-hydrogen) atoms. The fraction of sp³-hybridized carbons (Fsp3) is 0.611. The molecule has 0 aromatic heterocycles. The highest BCUT2D eigenvalue weighted by atomic mass is 15.4. The number of rotatable bonds is 1. The Labute approximate surface area is 128 Å². The van der Waals surface area contributed by atoms with E-state index in [1.165, 1.54) is 31.4 Å². The molecule has 0 bridgehead atoms. The zero-order valence-corrected chi connectivity index (χ0v) is 13.5. The minimum Gasteiger partial charge on any atom is -0.369 e. The Morgan fingerprint density at radius 1 is 1.19 bits per heavy atom. The van der Waals surface area contributed by atoms with Gasteiger partial charge in [-0.25, -0.2) is 0 Å². The van der Waals surface area contributed by atoms with Crippen LogP contribution in [0.3, 0.4) is 0 Å². The van der Waals surface area contributed by atoms with Crippen molar-refractivity contribution in [3.63, 3.8) is 0 Å². The molecule has 0 radical (unpaired) electrons. The van der Waals surface area contributed by atoms with Crippen LogP contribution in [0, 0.1) is 11.3 Å². The maximum absolute atomic E-state index is 6.30. The van der Waals surface area contributed by atoms with Crippen LogP contribution >= 0.6 is 0 Å². The quantitative estimate of drug-likeness (QED) is 0.852. The number of anilines is 1. The summed E-state index contributed by atoms with van der Waals surface area (Å²) in [4.78, 5) is 6.99. The SMILES string of the molecule is CC(C)(C)C1CCCCC12CN=C(N)N2c1ccccc1. The lowest BCUT2D eigenvalue weighted by Crippen LogP contribution is -2.60. The van der Waals surface area contributed by atoms with Crippen LogP contribution in [0.25, 0.3) is 0 Å². The predicted octanol–water partition coefficient (Wildman–Crippen LogP) is 3.80. The summed E-state index contributed by atoms with van der Waals surface area (Å²) in [5, 5.41) is 0. The lowest BCUT2D eigenvalue weighted by molar-refractivity contribution is 0.0916. The van der Waals surface area contributed by atoms with Gasteiger partial charge in [-0.2, -0.15) is 0 Å². The summed E-state index contributed by atoms with van der Waals surface area (Å²) >= 11 is 0. The Balaban J connectivity index is 2.06. The highest BCUT2D eigenvalue weighted by Crippen LogP contribution is 2.50. The van der Waals surface area contributed by atoms with Gasteiger partial charge in [0.1, 0.15) is 0 Å². The van der Waals surface area contributed by atoms with E-state index in [0.717, 1.165) is 6.54 Å². The smallest absolute Gasteiger partial charge is 0.196 e. The summed E-state index contributed by atoms with van der Waals surface area (Å²) in [6.45, 7) is 7.93. The second kappa shape index (κ2) is 5.04. The van der Waals surface area contributed by atoms with Crippen molar-refractivity contribution >= 4 is 11.6 Å². The van der Waals surface area contributed by atoms with Crippen molar-refractivity contribution in [2.75, 3.05) is 11.4 Å². The third-order valence-electron chi connectivity index (χ3n) is 5.25. The van der Waals surface area contributed by atoms with Crippen LogP contribution in [0.4, 0.5) is 5.69 Å². The van der Waals surface area contributed by atoms with Crippen LogP contribution in [0.1, 0.15) is 46.5 Å². The van der Waals surface area contributed by atoms with Crippen LogP contribution < -0.4 is 10.6 Å². The van der Waals surface area contributed by atoms with Crippen molar-refractivity contribution in [2.45, 2.75) is 52.0 Å². The average molecular weight is 285 g/mol. The second-order valence-electron chi connectivity index (χ2n) is 7.61. The van der Waals surface area contributed by atoms with Crippen LogP contribution in [0.5, 0.6) is 0 Å². The first kappa shape index (κ1) is 14.4. The van der Waals surface area contributed by atoms with Gasteiger partial charge < -0.3 is 10.6 Å². The molecule has 114 valence electrons. The molecular weight excluding hydrogens is 258 g/mol. The van der Waals surface area contributed by atoms with E-state index in [9.17, 15) is 0 Å². The zero-order chi connectivity index (χ0) is 15.1. The number of hydrogen-bond donors (Lipinski definition) is 1. The molecule has 3 heteroatoms. The van der Waals surface area contributed by atoms with Crippen molar-refractivity contribution in [2.24, 2.45) is 22.1 Å². The van der Waals surface area contributed by atoms with Crippen molar-refractivity contribution < 1.29 is 0 Å². The number of nitrogens with zero attached hydrogens (tertiary/aromatic N) is 2. The molecule has 0 amide bonds. The average Bonchev–Trinajstić information content (AvgIpc) is 2.76. The van der Waals surface area contributed by atoms with Gasteiger partial charge in [-0.1, -0.05) is 51.8 Å². The topological polar surface area (TPSA) is 41.6 Å². The number of benzene rings is 1. The molecule has 3 nitrogen and oxygen atoms in total. The molecule has 2 unspecified atom stereocenters. The maximum Gasteiger partial charge on any atom is 0.196 e. The summed E-state index contributed by atoms with van der Waals surface area (Å²) in [6, 6.07) is 10.5. The van der Waals surface area contributed by atoms with Gasteiger partial charge in [-0.3, -0.25) is 4.99 Å². The first-order valence-corrected chi connectivity index (χ1v) is 8.10. The molecule has 0 saturated heterocycles. The number of hydrogen-bond acceptors (Lipinski definition) is 3. The van der Waals surface area contributed by atoms with Crippen LogP contribution in [0.15, 0.2) is 35.3 Å². The van der Waals surface area contributed by atoms with Crippen LogP contribution in [0.2, 0.25) is 0 Å². The van der Waals surface area contributed by atoms with Crippen molar-refractivity contribution in [1.82, 2.24) is 0 Å². The summed E-state index contributed by atoms with van der Waals surface area (Å²) in [6.07, 6.45) is 5.06. The highest BCUT2D eigenvalue weighted by molar-refractivity contribution is 5.98. The summed E-state index contributed by atoms with van der Waals surface area (Å²) in [5.41, 5.74) is 7.83. The first-order chi connectivity index (χ1) is 9.95. The Morgan fingerprint density at radius 2 is 1.90 bits per heavy atom. The van der Waals surface area contributed by atoms with Gasteiger partial charge in [-0.05, 0) is 36.3 Å². The van der Waals surface area contributed by atoms with Gasteiger partial charge in [0.2, 0.25) is 0 Å². The first-order valence-electron chi connectivity index (χ1n) is 8.10. The molecule has 1 aliphatic carbocycles. The molecule has 2 atom stereocenters. The van der Waals surface area contributed by atoms with Gasteiger partial charge in [0.15, 0.2) is 5.96 Å². The predicted molar refractivity (Wildman–Crippen MR) is 89.6 cm³/mol. The van der Waals surface area contributed by atoms with Gasteiger partial charge >= 0.3 is 0 Å². The number of guanidine groups is 1. The molecule has 1 saturated carbocycles. The lowest BCUT2D eigenvalue weighted by Gasteiger charge is -2.52. The molecule has 2 N–H and O–H groups in total. The van der Waals surface area contributed by atoms with E-state index in [4.69, 9.17) is 5.73 Å². The van der Waals surface area contributed by atoms with Crippen LogP contribution in [-0.2, 0) is 0 Å². The summed E-state index contributed by atoms with van der Waals surface area (Å²) in [7, 11) is 0. The summed E-state index contributed by atoms with van der Waals surface area (Å²) < 4.78 is 0. The van der Waals surface area contributed by atoms with Crippen molar-refractivity contribution in [3.05, 3.63) is 30.3 Å². The van der Waals surface area contributed by atoms with Crippen molar-refractivity contribution in [3.8, 4) is 0 Å². The van der Waals surface area contributed by atoms with E-state index in [1.807, 2.05) is 0 Å². The van der Waals surface area contributed by atoms with Gasteiger partial charge in [0, 0.05) is 5.69 Å². The normalized spacial score (nSPS) is 29.8. The van der Waals surface area contributed by atoms with E-state index >= 15 is 0 Å². The Morgan fingerprint density at radius 3 is 2.57 bits per heavy atom. The summed E-state index contributed by atoms with van der Waals surface area (Å²) in [5.74, 6) is 1.31. The number of nitrogens with two attached hydrogens (primary N) is 1. The molecule has 1 fully saturated rings. The third-order valence-corrected chi connectivity index (χ3v) is 5.25. The maximum atomic E-state index is 6.30. The van der Waals surface area contributed by atoms with Gasteiger partial charge in [-0.15, -0.1) is 0 Å². The fourth-order valence-electron chi connectivity index (χ4n) is 4.47. The Hall–Kier alpha value is -1.51. The molecule has 1 spiro atoms. The van der Waals surface area contributed by atoms with E-state index in [0.29, 0.717) is 11.9 Å². The zero-order valence-electron chi connectivity index (χ0n) is 13.5.